The molecule has 3 heteroatoms. The average Bonchev–Trinajstić information content (AvgIpc) is 3.30. The minimum Gasteiger partial charge on any atom is -0.371 e. The minimum absolute atomic E-state index is 0.750. The molecule has 2 nitrogen and oxygen atoms in total. The first kappa shape index (κ1) is 15.2. The molecule has 0 aromatic heterocycles. The van der Waals surface area contributed by atoms with Gasteiger partial charge in [0, 0.05) is 36.4 Å². The molecule has 1 aliphatic carbocycles. The van der Waals surface area contributed by atoms with Crippen molar-refractivity contribution < 1.29 is 0 Å². The predicted molar refractivity (Wildman–Crippen MR) is 91.1 cm³/mol. The van der Waals surface area contributed by atoms with Gasteiger partial charge in [0.2, 0.25) is 0 Å². The molecule has 0 radical (unpaired) electrons. The van der Waals surface area contributed by atoms with Gasteiger partial charge in [-0.2, -0.15) is 0 Å². The number of rotatable bonds is 5. The highest BCUT2D eigenvalue weighted by Crippen LogP contribution is 2.32. The van der Waals surface area contributed by atoms with Crippen LogP contribution in [0.3, 0.4) is 0 Å². The Balaban J connectivity index is 1.69. The van der Waals surface area contributed by atoms with Crippen LogP contribution in [-0.4, -0.2) is 19.1 Å². The molecule has 3 rings (SSSR count). The number of piperidine rings is 1. The van der Waals surface area contributed by atoms with Gasteiger partial charge in [0.05, 0.1) is 0 Å². The van der Waals surface area contributed by atoms with Crippen LogP contribution in [0.4, 0.5) is 5.69 Å². The predicted octanol–water partition coefficient (Wildman–Crippen LogP) is 4.46. The summed E-state index contributed by atoms with van der Waals surface area (Å²) in [6.07, 6.45) is 5.28. The Labute approximate surface area is 133 Å². The molecule has 1 saturated carbocycles. The summed E-state index contributed by atoms with van der Waals surface area (Å²) in [5.41, 5.74) is 2.74. The van der Waals surface area contributed by atoms with Crippen LogP contribution in [0.2, 0.25) is 5.02 Å². The van der Waals surface area contributed by atoms with Gasteiger partial charge in [-0.15, -0.1) is 0 Å². The molecule has 0 amide bonds. The molecule has 1 saturated heterocycles. The van der Waals surface area contributed by atoms with E-state index in [0.29, 0.717) is 0 Å². The number of hydrogen-bond acceptors (Lipinski definition) is 2. The number of halogens is 1. The van der Waals surface area contributed by atoms with Gasteiger partial charge < -0.3 is 10.2 Å². The lowest BCUT2D eigenvalue weighted by molar-refractivity contribution is 0.311. The number of anilines is 1. The van der Waals surface area contributed by atoms with E-state index in [9.17, 15) is 0 Å². The molecule has 1 N–H and O–H groups in total. The summed E-state index contributed by atoms with van der Waals surface area (Å²) in [5.74, 6) is 1.69. The van der Waals surface area contributed by atoms with Crippen LogP contribution in [0.25, 0.3) is 0 Å². The smallest absolute Gasteiger partial charge is 0.0426 e. The normalized spacial score (nSPS) is 20.3. The first-order chi connectivity index (χ1) is 10.1. The number of hydrogen-bond donors (Lipinski definition) is 1. The highest BCUT2D eigenvalue weighted by molar-refractivity contribution is 6.30. The van der Waals surface area contributed by atoms with E-state index in [0.717, 1.165) is 29.4 Å². The van der Waals surface area contributed by atoms with Crippen molar-refractivity contribution in [2.45, 2.75) is 52.1 Å². The maximum atomic E-state index is 6.24. The Hall–Kier alpha value is -0.730. The van der Waals surface area contributed by atoms with Crippen LogP contribution in [0.15, 0.2) is 18.2 Å². The summed E-state index contributed by atoms with van der Waals surface area (Å²) in [6, 6.07) is 7.12. The largest absolute Gasteiger partial charge is 0.371 e. The van der Waals surface area contributed by atoms with E-state index in [4.69, 9.17) is 11.6 Å². The quantitative estimate of drug-likeness (QED) is 0.863. The molecule has 2 aliphatic rings. The summed E-state index contributed by atoms with van der Waals surface area (Å²) in [5, 5.41) is 4.48. The molecule has 0 atom stereocenters. The van der Waals surface area contributed by atoms with Gasteiger partial charge in [-0.25, -0.2) is 0 Å². The second-order valence-corrected chi connectivity index (χ2v) is 7.43. The third kappa shape index (κ3) is 3.92. The molecule has 1 aliphatic heterocycles. The lowest BCUT2D eigenvalue weighted by Crippen LogP contribution is -2.36. The minimum atomic E-state index is 0.750. The topological polar surface area (TPSA) is 15.3 Å². The summed E-state index contributed by atoms with van der Waals surface area (Å²) in [4.78, 5) is 2.54. The third-order valence-corrected chi connectivity index (χ3v) is 5.26. The third-order valence-electron chi connectivity index (χ3n) is 5.03. The van der Waals surface area contributed by atoms with Crippen LogP contribution in [0.1, 0.15) is 45.1 Å². The van der Waals surface area contributed by atoms with Gasteiger partial charge in [0.25, 0.3) is 0 Å². The zero-order chi connectivity index (χ0) is 14.8. The van der Waals surface area contributed by atoms with Crippen molar-refractivity contribution in [3.63, 3.8) is 0 Å². The second kappa shape index (κ2) is 6.58. The van der Waals surface area contributed by atoms with Crippen molar-refractivity contribution in [3.8, 4) is 0 Å². The van der Waals surface area contributed by atoms with E-state index in [1.807, 2.05) is 6.07 Å². The van der Waals surface area contributed by atoms with Crippen molar-refractivity contribution in [1.29, 1.82) is 0 Å². The van der Waals surface area contributed by atoms with E-state index in [-0.39, 0.29) is 0 Å². The van der Waals surface area contributed by atoms with Gasteiger partial charge >= 0.3 is 0 Å². The lowest BCUT2D eigenvalue weighted by atomic mass is 9.86. The van der Waals surface area contributed by atoms with Crippen molar-refractivity contribution in [2.24, 2.45) is 11.8 Å². The van der Waals surface area contributed by atoms with Crippen LogP contribution in [0, 0.1) is 11.8 Å². The van der Waals surface area contributed by atoms with Gasteiger partial charge in [0.15, 0.2) is 0 Å². The average molecular weight is 307 g/mol. The molecule has 0 spiro atoms. The molecule has 0 bridgehead atoms. The SMILES string of the molecule is CC(C)C1CCN(c2cc(Cl)ccc2CNC2CC2)CC1. The van der Waals surface area contributed by atoms with Crippen molar-refractivity contribution in [1.82, 2.24) is 5.32 Å². The fourth-order valence-electron chi connectivity index (χ4n) is 3.33. The lowest BCUT2D eigenvalue weighted by Gasteiger charge is -2.36. The van der Waals surface area contributed by atoms with Crippen LogP contribution >= 0.6 is 11.6 Å². The molecule has 1 heterocycles. The Morgan fingerprint density at radius 1 is 1.19 bits per heavy atom. The van der Waals surface area contributed by atoms with Crippen molar-refractivity contribution in [3.05, 3.63) is 28.8 Å². The van der Waals surface area contributed by atoms with Crippen molar-refractivity contribution >= 4 is 17.3 Å². The maximum Gasteiger partial charge on any atom is 0.0426 e. The van der Waals surface area contributed by atoms with E-state index in [1.165, 1.54) is 50.0 Å². The summed E-state index contributed by atoms with van der Waals surface area (Å²) in [7, 11) is 0. The van der Waals surface area contributed by atoms with Gasteiger partial charge in [0.1, 0.15) is 0 Å². The Bertz CT molecular complexity index is 474. The number of nitrogens with one attached hydrogen (secondary N) is 1. The molecule has 116 valence electrons. The van der Waals surface area contributed by atoms with Gasteiger partial charge in [-0.05, 0) is 55.2 Å². The van der Waals surface area contributed by atoms with E-state index < -0.39 is 0 Å². The molecule has 1 aromatic rings. The van der Waals surface area contributed by atoms with Gasteiger partial charge in [-0.3, -0.25) is 0 Å². The van der Waals surface area contributed by atoms with Gasteiger partial charge in [-0.1, -0.05) is 31.5 Å². The molecular weight excluding hydrogens is 280 g/mol. The van der Waals surface area contributed by atoms with E-state index >= 15 is 0 Å². The standard InChI is InChI=1S/C18H27ClN2/c1-13(2)14-7-9-21(10-8-14)18-11-16(19)4-3-15(18)12-20-17-5-6-17/h3-4,11,13-14,17,20H,5-10,12H2,1-2H3. The number of nitrogens with zero attached hydrogens (tertiary/aromatic N) is 1. The first-order valence-electron chi connectivity index (χ1n) is 8.40. The Morgan fingerprint density at radius 3 is 2.52 bits per heavy atom. The summed E-state index contributed by atoms with van der Waals surface area (Å²) < 4.78 is 0. The van der Waals surface area contributed by atoms with Crippen molar-refractivity contribution in [2.75, 3.05) is 18.0 Å². The van der Waals surface area contributed by atoms with Crippen LogP contribution < -0.4 is 10.2 Å². The molecular formula is C18H27ClN2. The summed E-state index contributed by atoms with van der Waals surface area (Å²) >= 11 is 6.24. The monoisotopic (exact) mass is 306 g/mol. The highest BCUT2D eigenvalue weighted by atomic mass is 35.5. The Morgan fingerprint density at radius 2 is 1.90 bits per heavy atom. The molecule has 2 fully saturated rings. The van der Waals surface area contributed by atoms with Crippen LogP contribution in [-0.2, 0) is 6.54 Å². The zero-order valence-electron chi connectivity index (χ0n) is 13.2. The highest BCUT2D eigenvalue weighted by Gasteiger charge is 2.24. The number of benzene rings is 1. The summed E-state index contributed by atoms with van der Waals surface area (Å²) in [6.45, 7) is 8.01. The van der Waals surface area contributed by atoms with E-state index in [2.05, 4.69) is 36.2 Å². The van der Waals surface area contributed by atoms with E-state index in [1.54, 1.807) is 0 Å². The van der Waals surface area contributed by atoms with Crippen LogP contribution in [0.5, 0.6) is 0 Å². The molecule has 1 aromatic carbocycles. The fraction of sp³-hybridized carbons (Fsp3) is 0.667. The zero-order valence-corrected chi connectivity index (χ0v) is 14.0. The second-order valence-electron chi connectivity index (χ2n) is 7.00. The molecule has 0 unspecified atom stereocenters. The molecule has 21 heavy (non-hydrogen) atoms. The fourth-order valence-corrected chi connectivity index (χ4v) is 3.50. The Kier molecular flexibility index (Phi) is 4.75. The maximum absolute atomic E-state index is 6.24. The first-order valence-corrected chi connectivity index (χ1v) is 8.78.